The third-order valence-corrected chi connectivity index (χ3v) is 4.08. The second-order valence-corrected chi connectivity index (χ2v) is 6.03. The average molecular weight is 327 g/mol. The van der Waals surface area contributed by atoms with Crippen LogP contribution in [-0.2, 0) is 14.3 Å². The lowest BCUT2D eigenvalue weighted by Crippen LogP contribution is -2.44. The number of thioether (sulfide) groups is 1. The number of carbonyl (C=O) groups excluding carboxylic acids is 1. The zero-order valence-electron chi connectivity index (χ0n) is 12.9. The summed E-state index contributed by atoms with van der Waals surface area (Å²) < 4.78 is 9.92. The smallest absolute Gasteiger partial charge is 0.326 e. The van der Waals surface area contributed by atoms with Gasteiger partial charge in [-0.1, -0.05) is 0 Å². The molecule has 2 N–H and O–H groups in total. The van der Waals surface area contributed by atoms with Gasteiger partial charge in [0.15, 0.2) is 0 Å². The molecule has 2 atom stereocenters. The van der Waals surface area contributed by atoms with Crippen LogP contribution in [0.1, 0.15) is 13.3 Å². The van der Waals surface area contributed by atoms with Crippen LogP contribution < -0.4 is 10.1 Å². The number of aliphatic carboxylic acids is 1. The Labute approximate surface area is 134 Å². The molecule has 1 aromatic rings. The second-order valence-electron chi connectivity index (χ2n) is 4.62. The van der Waals surface area contributed by atoms with Gasteiger partial charge in [-0.25, -0.2) is 4.79 Å². The van der Waals surface area contributed by atoms with Crippen molar-refractivity contribution < 1.29 is 24.2 Å². The van der Waals surface area contributed by atoms with E-state index in [9.17, 15) is 9.59 Å². The van der Waals surface area contributed by atoms with Gasteiger partial charge in [0.25, 0.3) is 0 Å². The molecular formula is C15H21NO5S. The molecule has 0 bridgehead atoms. The van der Waals surface area contributed by atoms with Gasteiger partial charge >= 0.3 is 5.97 Å². The first kappa shape index (κ1) is 18.3. The van der Waals surface area contributed by atoms with Crippen molar-refractivity contribution in [2.24, 2.45) is 0 Å². The molecule has 1 aromatic carbocycles. The number of nitrogens with one attached hydrogen (secondary N) is 1. The van der Waals surface area contributed by atoms with E-state index >= 15 is 0 Å². The van der Waals surface area contributed by atoms with Crippen LogP contribution in [0.5, 0.6) is 5.75 Å². The fraction of sp³-hybridized carbons (Fsp3) is 0.467. The number of amides is 1. The molecule has 0 saturated heterocycles. The summed E-state index contributed by atoms with van der Waals surface area (Å²) in [7, 11) is 3.08. The van der Waals surface area contributed by atoms with Crippen LogP contribution in [0.3, 0.4) is 0 Å². The van der Waals surface area contributed by atoms with Crippen LogP contribution in [0.2, 0.25) is 0 Å². The number of carbonyl (C=O) groups is 2. The number of hydrogen-bond acceptors (Lipinski definition) is 5. The van der Waals surface area contributed by atoms with E-state index in [1.165, 1.54) is 18.9 Å². The Balaban J connectivity index is 2.57. The largest absolute Gasteiger partial charge is 0.497 e. The van der Waals surface area contributed by atoms with Crippen LogP contribution in [0.4, 0.5) is 0 Å². The van der Waals surface area contributed by atoms with E-state index in [1.54, 1.807) is 14.0 Å². The summed E-state index contributed by atoms with van der Waals surface area (Å²) in [5.41, 5.74) is 0. The number of rotatable bonds is 9. The quantitative estimate of drug-likeness (QED) is 0.673. The van der Waals surface area contributed by atoms with Crippen molar-refractivity contribution in [3.05, 3.63) is 24.3 Å². The molecule has 0 aliphatic carbocycles. The highest BCUT2D eigenvalue weighted by Gasteiger charge is 2.23. The molecule has 7 heteroatoms. The Bertz CT molecular complexity index is 491. The van der Waals surface area contributed by atoms with Crippen LogP contribution in [0.25, 0.3) is 0 Å². The van der Waals surface area contributed by atoms with Gasteiger partial charge in [0.05, 0.1) is 12.4 Å². The molecule has 1 amide bonds. The fourth-order valence-electron chi connectivity index (χ4n) is 1.69. The predicted octanol–water partition coefficient (Wildman–Crippen LogP) is 1.78. The molecule has 0 aliphatic heterocycles. The van der Waals surface area contributed by atoms with E-state index in [4.69, 9.17) is 14.6 Å². The van der Waals surface area contributed by atoms with E-state index < -0.39 is 17.3 Å². The molecule has 122 valence electrons. The first-order valence-corrected chi connectivity index (χ1v) is 7.68. The minimum Gasteiger partial charge on any atom is -0.497 e. The lowest BCUT2D eigenvalue weighted by molar-refractivity contribution is -0.142. The molecular weight excluding hydrogens is 306 g/mol. The summed E-state index contributed by atoms with van der Waals surface area (Å²) in [6.45, 7) is 2.01. The molecule has 1 rings (SSSR count). The summed E-state index contributed by atoms with van der Waals surface area (Å²) >= 11 is 1.36. The lowest BCUT2D eigenvalue weighted by Gasteiger charge is -2.17. The maximum atomic E-state index is 12.1. The van der Waals surface area contributed by atoms with Crippen LogP contribution in [0.15, 0.2) is 29.2 Å². The summed E-state index contributed by atoms with van der Waals surface area (Å²) in [6.07, 6.45) is 0.234. The van der Waals surface area contributed by atoms with E-state index in [1.807, 2.05) is 24.3 Å². The van der Waals surface area contributed by atoms with E-state index in [2.05, 4.69) is 5.32 Å². The summed E-state index contributed by atoms with van der Waals surface area (Å²) in [4.78, 5) is 24.1. The predicted molar refractivity (Wildman–Crippen MR) is 84.4 cm³/mol. The Morgan fingerprint density at radius 2 is 1.91 bits per heavy atom. The van der Waals surface area contributed by atoms with Crippen molar-refractivity contribution in [2.75, 3.05) is 20.8 Å². The molecule has 0 saturated carbocycles. The minimum atomic E-state index is -1.06. The highest BCUT2D eigenvalue weighted by molar-refractivity contribution is 8.00. The van der Waals surface area contributed by atoms with E-state index in [0.29, 0.717) is 0 Å². The lowest BCUT2D eigenvalue weighted by atomic mass is 10.2. The van der Waals surface area contributed by atoms with Crippen LogP contribution in [-0.4, -0.2) is 49.1 Å². The van der Waals surface area contributed by atoms with Gasteiger partial charge in [-0.3, -0.25) is 4.79 Å². The molecule has 0 aliphatic rings. The SMILES string of the molecule is COCCC(NC(=O)C(C)Sc1ccc(OC)cc1)C(=O)O. The molecule has 2 unspecified atom stereocenters. The first-order valence-electron chi connectivity index (χ1n) is 6.80. The molecule has 0 spiro atoms. The highest BCUT2D eigenvalue weighted by atomic mass is 32.2. The van der Waals surface area contributed by atoms with Crippen molar-refractivity contribution in [1.82, 2.24) is 5.32 Å². The topological polar surface area (TPSA) is 84.9 Å². The summed E-state index contributed by atoms with van der Waals surface area (Å²) in [5, 5.41) is 11.2. The number of carboxylic acid groups (broad SMARTS) is 1. The molecule has 0 radical (unpaired) electrons. The van der Waals surface area contributed by atoms with Crippen LogP contribution >= 0.6 is 11.8 Å². The first-order chi connectivity index (χ1) is 10.5. The normalized spacial score (nSPS) is 13.2. The van der Waals surface area contributed by atoms with Gasteiger partial charge in [0, 0.05) is 25.0 Å². The average Bonchev–Trinajstić information content (AvgIpc) is 2.51. The van der Waals surface area contributed by atoms with Crippen molar-refractivity contribution in [3.63, 3.8) is 0 Å². The Kier molecular flexibility index (Phi) is 7.76. The van der Waals surface area contributed by atoms with Gasteiger partial charge in [-0.2, -0.15) is 0 Å². The second kappa shape index (κ2) is 9.32. The van der Waals surface area contributed by atoms with Crippen molar-refractivity contribution in [2.45, 2.75) is 29.5 Å². The molecule has 0 heterocycles. The number of carboxylic acids is 1. The maximum Gasteiger partial charge on any atom is 0.326 e. The van der Waals surface area contributed by atoms with Gasteiger partial charge in [0.2, 0.25) is 5.91 Å². The van der Waals surface area contributed by atoms with Gasteiger partial charge in [0.1, 0.15) is 11.8 Å². The van der Waals surface area contributed by atoms with Gasteiger partial charge in [-0.05, 0) is 31.2 Å². The summed E-state index contributed by atoms with van der Waals surface area (Å²) in [5.74, 6) is -0.636. The number of hydrogen-bond donors (Lipinski definition) is 2. The zero-order valence-corrected chi connectivity index (χ0v) is 13.7. The fourth-order valence-corrected chi connectivity index (χ4v) is 2.57. The number of ether oxygens (including phenoxy) is 2. The molecule has 0 fully saturated rings. The Morgan fingerprint density at radius 3 is 2.41 bits per heavy atom. The Hall–Kier alpha value is -1.73. The van der Waals surface area contributed by atoms with Gasteiger partial charge < -0.3 is 19.9 Å². The third-order valence-electron chi connectivity index (χ3n) is 2.97. The number of benzene rings is 1. The van der Waals surface area contributed by atoms with E-state index in [-0.39, 0.29) is 18.9 Å². The molecule has 6 nitrogen and oxygen atoms in total. The zero-order chi connectivity index (χ0) is 16.5. The molecule has 0 aromatic heterocycles. The third kappa shape index (κ3) is 5.95. The van der Waals surface area contributed by atoms with Crippen LogP contribution in [0, 0.1) is 0 Å². The van der Waals surface area contributed by atoms with Crippen molar-refractivity contribution in [1.29, 1.82) is 0 Å². The maximum absolute atomic E-state index is 12.1. The molecule has 22 heavy (non-hydrogen) atoms. The minimum absolute atomic E-state index is 0.234. The highest BCUT2D eigenvalue weighted by Crippen LogP contribution is 2.25. The Morgan fingerprint density at radius 1 is 1.27 bits per heavy atom. The van der Waals surface area contributed by atoms with Gasteiger partial charge in [-0.15, -0.1) is 11.8 Å². The van der Waals surface area contributed by atoms with Crippen molar-refractivity contribution in [3.8, 4) is 5.75 Å². The van der Waals surface area contributed by atoms with E-state index in [0.717, 1.165) is 10.6 Å². The van der Waals surface area contributed by atoms with Crippen molar-refractivity contribution >= 4 is 23.6 Å². The summed E-state index contributed by atoms with van der Waals surface area (Å²) in [6, 6.07) is 6.39. The monoisotopic (exact) mass is 327 g/mol. The number of methoxy groups -OCH3 is 2. The standard InChI is InChI=1S/C15H21NO5S/c1-10(22-12-6-4-11(21-3)5-7-12)14(17)16-13(15(18)19)8-9-20-2/h4-7,10,13H,8-9H2,1-3H3,(H,16,17)(H,18,19).